The molecule has 27 heteroatoms. The van der Waals surface area contributed by atoms with Gasteiger partial charge in [0.2, 0.25) is 29.5 Å². The van der Waals surface area contributed by atoms with Crippen molar-refractivity contribution < 1.29 is 107 Å². The minimum Gasteiger partial charge on any atom is -0.508 e. The number of amides is 5. The number of phenols is 2. The zero-order valence-corrected chi connectivity index (χ0v) is 50.0. The number of rotatable bonds is 44. The van der Waals surface area contributed by atoms with E-state index in [0.717, 1.165) is 5.56 Å². The number of phenolic OH excluding ortho intramolecular Hbond substituents is 2. The third kappa shape index (κ3) is 33.4. The third-order valence-electron chi connectivity index (χ3n) is 13.2. The molecule has 0 heterocycles. The third-order valence-corrected chi connectivity index (χ3v) is 13.2. The number of nitrogens with one attached hydrogen (secondary N) is 5. The largest absolute Gasteiger partial charge is 0.508 e. The Bertz CT molecular complexity index is 2710. The Labute approximate surface area is 509 Å². The molecule has 0 saturated carbocycles. The zero-order chi connectivity index (χ0) is 65.4. The number of benzene rings is 3. The number of carboxylic acid groups (broad SMARTS) is 2. The summed E-state index contributed by atoms with van der Waals surface area (Å²) in [7, 11) is 3.02. The lowest BCUT2D eigenvalue weighted by molar-refractivity contribution is -0.146. The van der Waals surface area contributed by atoms with Gasteiger partial charge in [-0.05, 0) is 80.5 Å². The maximum Gasteiger partial charge on any atom is 0.306 e. The summed E-state index contributed by atoms with van der Waals surface area (Å²) in [4.78, 5) is 150. The van der Waals surface area contributed by atoms with E-state index in [-0.39, 0.29) is 107 Å². The van der Waals surface area contributed by atoms with Crippen LogP contribution in [0, 0.1) is 23.7 Å². The van der Waals surface area contributed by atoms with Crippen LogP contribution in [0.2, 0.25) is 0 Å². The molecule has 3 aromatic rings. The summed E-state index contributed by atoms with van der Waals surface area (Å²) in [6, 6.07) is 18.5. The van der Waals surface area contributed by atoms with E-state index in [1.54, 1.807) is 48.5 Å². The van der Waals surface area contributed by atoms with E-state index in [1.165, 1.54) is 57.8 Å². The molecule has 3 rings (SSSR count). The number of esters is 1. The molecule has 10 N–H and O–H groups in total. The molecular formula is C61H83N5O22. The molecule has 0 aromatic heterocycles. The van der Waals surface area contributed by atoms with Crippen molar-refractivity contribution in [2.45, 2.75) is 110 Å². The van der Waals surface area contributed by atoms with Crippen molar-refractivity contribution in [1.82, 2.24) is 26.7 Å². The summed E-state index contributed by atoms with van der Waals surface area (Å²) < 4.78 is 25.6. The first-order valence-electron chi connectivity index (χ1n) is 28.4. The van der Waals surface area contributed by atoms with E-state index in [9.17, 15) is 78.0 Å². The Morgan fingerprint density at radius 3 is 1.25 bits per heavy atom. The van der Waals surface area contributed by atoms with Crippen LogP contribution in [-0.2, 0) is 101 Å². The first-order chi connectivity index (χ1) is 41.9. The zero-order valence-electron chi connectivity index (χ0n) is 50.0. The van der Waals surface area contributed by atoms with E-state index in [0.29, 0.717) is 37.6 Å². The molecule has 0 aliphatic rings. The minimum absolute atomic E-state index is 0.00794. The highest BCUT2D eigenvalue weighted by atomic mass is 16.5. The molecule has 5 amide bonds. The molecule has 0 fully saturated rings. The molecule has 27 nitrogen and oxygen atoms in total. The number of carbonyl (C=O) groups is 12. The van der Waals surface area contributed by atoms with Gasteiger partial charge in [-0.2, -0.15) is 0 Å². The normalized spacial score (nSPS) is 12.8. The number of methoxy groups -OCH3 is 2. The molecular weight excluding hydrogens is 1150 g/mol. The van der Waals surface area contributed by atoms with Crippen molar-refractivity contribution in [1.29, 1.82) is 0 Å². The summed E-state index contributed by atoms with van der Waals surface area (Å²) in [6.45, 7) is 4.38. The van der Waals surface area contributed by atoms with Crippen LogP contribution in [-0.4, -0.2) is 175 Å². The second-order valence-corrected chi connectivity index (χ2v) is 20.6. The summed E-state index contributed by atoms with van der Waals surface area (Å²) in [6.07, 6.45) is -3.48. The van der Waals surface area contributed by atoms with Crippen molar-refractivity contribution in [2.24, 2.45) is 23.7 Å². The van der Waals surface area contributed by atoms with Gasteiger partial charge in [0, 0.05) is 77.7 Å². The van der Waals surface area contributed by atoms with Gasteiger partial charge in [0.1, 0.15) is 29.7 Å². The van der Waals surface area contributed by atoms with Gasteiger partial charge in [-0.25, -0.2) is 5.48 Å². The Balaban J connectivity index is 0.000000606. The maximum absolute atomic E-state index is 13.6. The van der Waals surface area contributed by atoms with Crippen LogP contribution in [0.5, 0.6) is 11.5 Å². The lowest BCUT2D eigenvalue weighted by Gasteiger charge is -2.23. The van der Waals surface area contributed by atoms with Crippen LogP contribution >= 0.6 is 0 Å². The number of Topliss-reactive ketones (excluding diaryl/α,β-unsaturated/α-hetero) is 4. The van der Waals surface area contributed by atoms with Crippen LogP contribution in [0.1, 0.15) is 94.7 Å². The highest BCUT2D eigenvalue weighted by Gasteiger charge is 2.34. The van der Waals surface area contributed by atoms with Gasteiger partial charge in [0.15, 0.2) is 11.6 Å². The number of carboxylic acids is 2. The molecule has 3 aromatic carbocycles. The Morgan fingerprint density at radius 2 is 0.875 bits per heavy atom. The van der Waals surface area contributed by atoms with Gasteiger partial charge in [-0.15, -0.1) is 0 Å². The summed E-state index contributed by atoms with van der Waals surface area (Å²) in [5.41, 5.74) is 3.51. The fourth-order valence-corrected chi connectivity index (χ4v) is 8.63. The summed E-state index contributed by atoms with van der Waals surface area (Å²) >= 11 is 0. The number of hydrogen-bond donors (Lipinski definition) is 10. The molecule has 6 atom stereocenters. The standard InChI is InChI=1S/C34H44N2O11.C27H39N3O11/c1-23(37)18-26(19-24-8-10-28(38)11-9-24)34(44)36-29(12-13-32(42)47-22-25-6-4-3-5-7-25)30(39)20-27(21-31(40)41)33(43)35-14-15-46-17-16-45-2;1-17(31)13-19(14-18-3-5-21(32)6-4-18)27(38)29-22(7-8-24(34)30-39)23(33)15-20(16-25(35)36)26(37)28-9-10-41-12-11-40-2/h3-11,26-27,29,38H,12-22H2,1-2H3,(H,35,43)(H,36,44)(H,40,41);3-6,19-20,22,32,39H,7-16H2,1-2H3,(H,28,37)(H,29,38)(H,30,34)(H,35,36)/t26-,27-,29+;19-,20-,22+/m00/s1. The van der Waals surface area contributed by atoms with Gasteiger partial charge in [0.25, 0.3) is 0 Å². The van der Waals surface area contributed by atoms with Crippen molar-refractivity contribution in [3.63, 3.8) is 0 Å². The summed E-state index contributed by atoms with van der Waals surface area (Å²) in [5.74, 6) is -12.9. The van der Waals surface area contributed by atoms with E-state index in [4.69, 9.17) is 28.9 Å². The Hall–Kier alpha value is -8.50. The monoisotopic (exact) mass is 1240 g/mol. The Kier molecular flexibility index (Phi) is 37.1. The molecule has 0 bridgehead atoms. The van der Waals surface area contributed by atoms with Crippen molar-refractivity contribution >= 4 is 70.6 Å². The molecule has 0 radical (unpaired) electrons. The highest BCUT2D eigenvalue weighted by molar-refractivity contribution is 5.96. The molecule has 484 valence electrons. The number of aliphatic carboxylic acids is 2. The second-order valence-electron chi connectivity index (χ2n) is 20.6. The lowest BCUT2D eigenvalue weighted by atomic mass is 9.90. The number of hydrogen-bond acceptors (Lipinski definition) is 20. The number of aromatic hydroxyl groups is 2. The fourth-order valence-electron chi connectivity index (χ4n) is 8.63. The van der Waals surface area contributed by atoms with Crippen LogP contribution in [0.3, 0.4) is 0 Å². The molecule has 0 aliphatic carbocycles. The van der Waals surface area contributed by atoms with E-state index < -0.39 is 120 Å². The number of carbonyl (C=O) groups excluding carboxylic acids is 10. The smallest absolute Gasteiger partial charge is 0.306 e. The van der Waals surface area contributed by atoms with E-state index in [2.05, 4.69) is 21.3 Å². The minimum atomic E-state index is -1.31. The highest BCUT2D eigenvalue weighted by Crippen LogP contribution is 2.22. The fraction of sp³-hybridized carbons (Fsp3) is 0.508. The average molecular weight is 1240 g/mol. The van der Waals surface area contributed by atoms with Crippen molar-refractivity contribution in [2.75, 3.05) is 67.0 Å². The molecule has 0 aliphatic heterocycles. The van der Waals surface area contributed by atoms with E-state index >= 15 is 0 Å². The molecule has 0 saturated heterocycles. The SMILES string of the molecule is COCCOCCNC(=O)[C@H](CC(=O)O)CC(=O)[C@@H](CCC(=O)NO)NC(=O)[C@@H](CC(C)=O)Cc1ccc(O)cc1.COCCOCCNC(=O)[C@H](CC(=O)O)CC(=O)[C@@H](CCC(=O)OCc1ccccc1)NC(=O)[C@@H](CC(C)=O)Cc1ccc(O)cc1. The van der Waals surface area contributed by atoms with Crippen LogP contribution in [0.4, 0.5) is 0 Å². The maximum atomic E-state index is 13.6. The first kappa shape index (κ1) is 75.6. The van der Waals surface area contributed by atoms with Crippen molar-refractivity contribution in [3.8, 4) is 11.5 Å². The average Bonchev–Trinajstić information content (AvgIpc) is 3.63. The van der Waals surface area contributed by atoms with Gasteiger partial charge >= 0.3 is 17.9 Å². The predicted octanol–water partition coefficient (Wildman–Crippen LogP) is 2.50. The topological polar surface area (TPSA) is 412 Å². The Morgan fingerprint density at radius 1 is 0.466 bits per heavy atom. The number of ketones is 4. The number of hydroxylamine groups is 1. The van der Waals surface area contributed by atoms with Crippen LogP contribution < -0.4 is 26.7 Å². The quantitative estimate of drug-likeness (QED) is 0.0168. The van der Waals surface area contributed by atoms with Crippen molar-refractivity contribution in [3.05, 3.63) is 95.6 Å². The van der Waals surface area contributed by atoms with Gasteiger partial charge < -0.3 is 75.0 Å². The molecule has 0 unspecified atom stereocenters. The second kappa shape index (κ2) is 43.2. The van der Waals surface area contributed by atoms with Gasteiger partial charge in [-0.1, -0.05) is 54.6 Å². The molecule has 0 spiro atoms. The van der Waals surface area contributed by atoms with E-state index in [1.807, 2.05) is 6.07 Å². The molecule has 88 heavy (non-hydrogen) atoms. The summed E-state index contributed by atoms with van der Waals surface area (Å²) in [5, 5.41) is 57.0. The van der Waals surface area contributed by atoms with Crippen LogP contribution in [0.25, 0.3) is 0 Å². The van der Waals surface area contributed by atoms with Gasteiger partial charge in [-0.3, -0.25) is 53.2 Å². The predicted molar refractivity (Wildman–Crippen MR) is 312 cm³/mol. The number of ether oxygens (including phenoxy) is 5. The first-order valence-corrected chi connectivity index (χ1v) is 28.4. The van der Waals surface area contributed by atoms with Crippen LogP contribution in [0.15, 0.2) is 78.9 Å². The van der Waals surface area contributed by atoms with Gasteiger partial charge in [0.05, 0.1) is 76.4 Å². The lowest BCUT2D eigenvalue weighted by Crippen LogP contribution is -2.46.